The lowest BCUT2D eigenvalue weighted by molar-refractivity contribution is 0.242. The van der Waals surface area contributed by atoms with Gasteiger partial charge < -0.3 is 15.0 Å². The zero-order valence-corrected chi connectivity index (χ0v) is 17.6. The predicted molar refractivity (Wildman–Crippen MR) is 119 cm³/mol. The highest BCUT2D eigenvalue weighted by Crippen LogP contribution is 2.39. The maximum atomic E-state index is 5.77. The molecule has 0 atom stereocenters. The third kappa shape index (κ3) is 2.90. The van der Waals surface area contributed by atoms with Crippen molar-refractivity contribution in [1.29, 1.82) is 0 Å². The molecule has 0 radical (unpaired) electrons. The molecular formula is C21H24ClN7O. The van der Waals surface area contributed by atoms with Crippen LogP contribution in [0.2, 0.25) is 0 Å². The summed E-state index contributed by atoms with van der Waals surface area (Å²) in [6.07, 6.45) is 6.95. The van der Waals surface area contributed by atoms with Crippen LogP contribution in [-0.2, 0) is 0 Å². The first-order valence-electron chi connectivity index (χ1n) is 10.2. The summed E-state index contributed by atoms with van der Waals surface area (Å²) < 4.78 is 7.63. The van der Waals surface area contributed by atoms with Gasteiger partial charge in [0.05, 0.1) is 29.9 Å². The summed E-state index contributed by atoms with van der Waals surface area (Å²) in [6.45, 7) is 7.04. The molecule has 0 saturated carbocycles. The van der Waals surface area contributed by atoms with E-state index in [0.29, 0.717) is 12.0 Å². The van der Waals surface area contributed by atoms with Crippen molar-refractivity contribution in [2.45, 2.75) is 13.3 Å². The van der Waals surface area contributed by atoms with E-state index >= 15 is 0 Å². The highest BCUT2D eigenvalue weighted by molar-refractivity contribution is 6.00. The lowest BCUT2D eigenvalue weighted by Gasteiger charge is -2.48. The van der Waals surface area contributed by atoms with Gasteiger partial charge in [0.15, 0.2) is 5.65 Å². The lowest BCUT2D eigenvalue weighted by Crippen LogP contribution is -2.57. The van der Waals surface area contributed by atoms with E-state index in [0.717, 1.165) is 65.4 Å². The molecule has 6 heterocycles. The standard InChI is InChI=1S/C21H23N7O.ClH/c1-2-29-15-7-16(19-17-9-24-25-20(17)26-28(19)10-15)14-3-4-18(23-8-14)27-12-21(13-27)5-6-22-11-21;/h3-4,7-10,22H,2,5-6,11-13H2,1H3,(H,25,26);1H. The van der Waals surface area contributed by atoms with Crippen molar-refractivity contribution in [3.63, 3.8) is 0 Å². The van der Waals surface area contributed by atoms with Gasteiger partial charge in [-0.25, -0.2) is 9.50 Å². The van der Waals surface area contributed by atoms with E-state index in [1.807, 2.05) is 30.0 Å². The summed E-state index contributed by atoms with van der Waals surface area (Å²) in [5.74, 6) is 1.83. The smallest absolute Gasteiger partial charge is 0.178 e. The van der Waals surface area contributed by atoms with Crippen molar-refractivity contribution in [3.8, 4) is 16.9 Å². The lowest BCUT2D eigenvalue weighted by atomic mass is 9.79. The average Bonchev–Trinajstić information content (AvgIpc) is 3.42. The van der Waals surface area contributed by atoms with Crippen molar-refractivity contribution in [1.82, 2.24) is 30.1 Å². The second-order valence-electron chi connectivity index (χ2n) is 8.14. The molecule has 156 valence electrons. The fourth-order valence-corrected chi connectivity index (χ4v) is 4.73. The van der Waals surface area contributed by atoms with Crippen molar-refractivity contribution in [3.05, 3.63) is 36.8 Å². The van der Waals surface area contributed by atoms with Gasteiger partial charge in [0, 0.05) is 42.4 Å². The Labute approximate surface area is 180 Å². The third-order valence-electron chi connectivity index (χ3n) is 6.18. The molecule has 4 aromatic heterocycles. The average molecular weight is 426 g/mol. The van der Waals surface area contributed by atoms with Crippen LogP contribution >= 0.6 is 12.4 Å². The van der Waals surface area contributed by atoms with Gasteiger partial charge in [0.1, 0.15) is 11.6 Å². The SMILES string of the molecule is CCOc1cc(-c2ccc(N3CC4(CCNC4)C3)nc2)c2c3cn[nH]c3nn2c1.Cl. The molecule has 2 aliphatic rings. The number of hydrogen-bond acceptors (Lipinski definition) is 6. The van der Waals surface area contributed by atoms with Gasteiger partial charge in [-0.1, -0.05) is 0 Å². The molecule has 1 spiro atoms. The fraction of sp³-hybridized carbons (Fsp3) is 0.381. The quantitative estimate of drug-likeness (QED) is 0.523. The van der Waals surface area contributed by atoms with E-state index < -0.39 is 0 Å². The van der Waals surface area contributed by atoms with Crippen molar-refractivity contribution < 1.29 is 4.74 Å². The van der Waals surface area contributed by atoms with Crippen LogP contribution in [0.5, 0.6) is 5.75 Å². The van der Waals surface area contributed by atoms with Gasteiger partial charge in [-0.15, -0.1) is 17.5 Å². The number of halogens is 1. The molecular weight excluding hydrogens is 402 g/mol. The largest absolute Gasteiger partial charge is 0.492 e. The summed E-state index contributed by atoms with van der Waals surface area (Å²) in [6, 6.07) is 6.33. The molecule has 0 aromatic carbocycles. The Hall–Kier alpha value is -2.84. The van der Waals surface area contributed by atoms with Crippen LogP contribution in [0.1, 0.15) is 13.3 Å². The minimum absolute atomic E-state index is 0. The number of nitrogens with one attached hydrogen (secondary N) is 2. The van der Waals surface area contributed by atoms with Crippen LogP contribution in [0.15, 0.2) is 36.8 Å². The van der Waals surface area contributed by atoms with E-state index in [1.54, 1.807) is 0 Å². The second-order valence-corrected chi connectivity index (χ2v) is 8.14. The van der Waals surface area contributed by atoms with Crippen LogP contribution in [0, 0.1) is 5.41 Å². The maximum Gasteiger partial charge on any atom is 0.178 e. The van der Waals surface area contributed by atoms with Gasteiger partial charge >= 0.3 is 0 Å². The van der Waals surface area contributed by atoms with Crippen LogP contribution in [0.25, 0.3) is 27.7 Å². The first-order valence-corrected chi connectivity index (χ1v) is 10.2. The Morgan fingerprint density at radius 1 is 1.23 bits per heavy atom. The summed E-state index contributed by atoms with van der Waals surface area (Å²) in [5.41, 5.74) is 4.32. The fourth-order valence-electron chi connectivity index (χ4n) is 4.73. The van der Waals surface area contributed by atoms with E-state index in [2.05, 4.69) is 43.7 Å². The van der Waals surface area contributed by atoms with E-state index in [1.165, 1.54) is 6.42 Å². The Bertz CT molecular complexity index is 1190. The molecule has 0 unspecified atom stereocenters. The van der Waals surface area contributed by atoms with Crippen molar-refractivity contribution >= 4 is 34.8 Å². The number of rotatable bonds is 4. The maximum absolute atomic E-state index is 5.77. The summed E-state index contributed by atoms with van der Waals surface area (Å²) in [7, 11) is 0. The summed E-state index contributed by atoms with van der Waals surface area (Å²) in [4.78, 5) is 7.15. The summed E-state index contributed by atoms with van der Waals surface area (Å²) in [5, 5.41) is 16.2. The van der Waals surface area contributed by atoms with Gasteiger partial charge in [-0.05, 0) is 38.1 Å². The first kappa shape index (κ1) is 19.1. The number of hydrogen-bond donors (Lipinski definition) is 2. The van der Waals surface area contributed by atoms with Crippen LogP contribution in [0.4, 0.5) is 5.82 Å². The van der Waals surface area contributed by atoms with Gasteiger partial charge in [0.2, 0.25) is 0 Å². The number of H-pyrrole nitrogens is 1. The number of pyridine rings is 2. The Morgan fingerprint density at radius 2 is 2.13 bits per heavy atom. The topological polar surface area (TPSA) is 83.4 Å². The molecule has 4 aromatic rings. The molecule has 0 amide bonds. The Kier molecular flexibility index (Phi) is 4.56. The van der Waals surface area contributed by atoms with E-state index in [9.17, 15) is 0 Å². The minimum atomic E-state index is 0. The highest BCUT2D eigenvalue weighted by Gasteiger charge is 2.45. The van der Waals surface area contributed by atoms with Gasteiger partial charge in [0.25, 0.3) is 0 Å². The van der Waals surface area contributed by atoms with Crippen LogP contribution in [0.3, 0.4) is 0 Å². The molecule has 0 bridgehead atoms. The molecule has 30 heavy (non-hydrogen) atoms. The van der Waals surface area contributed by atoms with Gasteiger partial charge in [-0.3, -0.25) is 5.10 Å². The molecule has 6 rings (SSSR count). The monoisotopic (exact) mass is 425 g/mol. The van der Waals surface area contributed by atoms with E-state index in [4.69, 9.17) is 9.72 Å². The Morgan fingerprint density at radius 3 is 2.87 bits per heavy atom. The molecule has 2 saturated heterocycles. The number of ether oxygens (including phenoxy) is 1. The molecule has 2 fully saturated rings. The van der Waals surface area contributed by atoms with E-state index in [-0.39, 0.29) is 12.4 Å². The number of fused-ring (bicyclic) bond motifs is 3. The molecule has 0 aliphatic carbocycles. The zero-order chi connectivity index (χ0) is 19.4. The van der Waals surface area contributed by atoms with Crippen LogP contribution < -0.4 is 15.0 Å². The number of anilines is 1. The highest BCUT2D eigenvalue weighted by atomic mass is 35.5. The molecule has 8 nitrogen and oxygen atoms in total. The Balaban J connectivity index is 0.00000193. The number of aromatic nitrogens is 5. The third-order valence-corrected chi connectivity index (χ3v) is 6.18. The number of nitrogens with zero attached hydrogens (tertiary/aromatic N) is 5. The second kappa shape index (κ2) is 7.14. The first-order chi connectivity index (χ1) is 14.2. The predicted octanol–water partition coefficient (Wildman–Crippen LogP) is 2.89. The van der Waals surface area contributed by atoms with Crippen molar-refractivity contribution in [2.75, 3.05) is 37.7 Å². The molecule has 2 aliphatic heterocycles. The zero-order valence-electron chi connectivity index (χ0n) is 16.8. The summed E-state index contributed by atoms with van der Waals surface area (Å²) >= 11 is 0. The minimum Gasteiger partial charge on any atom is -0.492 e. The van der Waals surface area contributed by atoms with Crippen molar-refractivity contribution in [2.24, 2.45) is 5.41 Å². The van der Waals surface area contributed by atoms with Crippen LogP contribution in [-0.4, -0.2) is 57.6 Å². The molecule has 9 heteroatoms. The normalized spacial score (nSPS) is 17.4. The van der Waals surface area contributed by atoms with Gasteiger partial charge in [-0.2, -0.15) is 5.10 Å². The number of aromatic amines is 1. The molecule has 2 N–H and O–H groups in total.